The second-order valence-electron chi connectivity index (χ2n) is 5.21. The number of hydrogen-bond acceptors (Lipinski definition) is 5. The molecule has 3 aromatic rings. The summed E-state index contributed by atoms with van der Waals surface area (Å²) in [4.78, 5) is 0.118. The normalized spacial score (nSPS) is 11.3. The maximum Gasteiger partial charge on any atom is 0.261 e. The lowest BCUT2D eigenvalue weighted by molar-refractivity contribution is 0.411. The average molecular weight is 423 g/mol. The second kappa shape index (κ2) is 6.85. The van der Waals surface area contributed by atoms with E-state index in [1.54, 1.807) is 42.2 Å². The van der Waals surface area contributed by atoms with Crippen molar-refractivity contribution in [3.63, 3.8) is 0 Å². The third-order valence-electron chi connectivity index (χ3n) is 3.56. The maximum atomic E-state index is 12.7. The molecule has 1 aromatic heterocycles. The molecule has 0 atom stereocenters. The quantitative estimate of drug-likeness (QED) is 0.682. The molecule has 0 aliphatic heterocycles. The zero-order valence-electron chi connectivity index (χ0n) is 13.5. The van der Waals surface area contributed by atoms with E-state index in [1.165, 1.54) is 19.2 Å². The van der Waals surface area contributed by atoms with E-state index in [2.05, 4.69) is 30.8 Å². The number of aryl methyl sites for hydroxylation is 1. The molecule has 2 aromatic carbocycles. The fraction of sp³-hybridized carbons (Fsp3) is 0.125. The molecule has 0 amide bonds. The molecular formula is C16H15BrN4O3S. The number of rotatable bonds is 5. The number of ether oxygens (including phenoxy) is 1. The number of anilines is 1. The highest BCUT2D eigenvalue weighted by Crippen LogP contribution is 2.31. The van der Waals surface area contributed by atoms with Gasteiger partial charge in [-0.1, -0.05) is 12.1 Å². The lowest BCUT2D eigenvalue weighted by Crippen LogP contribution is -2.14. The van der Waals surface area contributed by atoms with Gasteiger partial charge in [-0.3, -0.25) is 4.72 Å². The largest absolute Gasteiger partial charge is 0.496 e. The smallest absolute Gasteiger partial charge is 0.261 e. The number of aromatic nitrogens is 3. The second-order valence-corrected chi connectivity index (χ2v) is 7.75. The van der Waals surface area contributed by atoms with Crippen molar-refractivity contribution in [3.8, 4) is 17.1 Å². The Kier molecular flexibility index (Phi) is 4.78. The van der Waals surface area contributed by atoms with Gasteiger partial charge in [0, 0.05) is 12.6 Å². The van der Waals surface area contributed by atoms with Crippen molar-refractivity contribution in [2.45, 2.75) is 4.90 Å². The highest BCUT2D eigenvalue weighted by molar-refractivity contribution is 9.10. The number of halogens is 1. The highest BCUT2D eigenvalue weighted by atomic mass is 79.9. The first-order valence-corrected chi connectivity index (χ1v) is 9.50. The molecule has 0 spiro atoms. The van der Waals surface area contributed by atoms with Crippen molar-refractivity contribution in [3.05, 3.63) is 53.3 Å². The number of benzene rings is 2. The van der Waals surface area contributed by atoms with Crippen LogP contribution in [0.2, 0.25) is 0 Å². The van der Waals surface area contributed by atoms with Crippen LogP contribution < -0.4 is 9.46 Å². The fourth-order valence-corrected chi connectivity index (χ4v) is 4.11. The van der Waals surface area contributed by atoms with Crippen LogP contribution in [0.4, 0.5) is 5.69 Å². The minimum Gasteiger partial charge on any atom is -0.496 e. The van der Waals surface area contributed by atoms with Crippen molar-refractivity contribution in [2.75, 3.05) is 11.8 Å². The standard InChI is InChI=1S/C16H15BrN4O3S/c1-21-10-18-19-16(21)12-5-3-4-6-14(12)20-25(22,23)11-7-8-15(24-2)13(17)9-11/h3-10,20H,1-2H3. The predicted octanol–water partition coefficient (Wildman–Crippen LogP) is 3.05. The van der Waals surface area contributed by atoms with E-state index in [0.717, 1.165) is 0 Å². The monoisotopic (exact) mass is 422 g/mol. The molecule has 0 unspecified atom stereocenters. The molecule has 3 rings (SSSR count). The molecule has 130 valence electrons. The van der Waals surface area contributed by atoms with Crippen molar-refractivity contribution < 1.29 is 13.2 Å². The van der Waals surface area contributed by atoms with Crippen LogP contribution in [0.25, 0.3) is 11.4 Å². The zero-order chi connectivity index (χ0) is 18.0. The molecule has 0 saturated carbocycles. The van der Waals surface area contributed by atoms with Crippen LogP contribution in [0.15, 0.2) is 58.2 Å². The van der Waals surface area contributed by atoms with Gasteiger partial charge in [0.15, 0.2) is 5.82 Å². The molecule has 0 bridgehead atoms. The van der Waals surface area contributed by atoms with Gasteiger partial charge in [0.25, 0.3) is 10.0 Å². The van der Waals surface area contributed by atoms with Gasteiger partial charge >= 0.3 is 0 Å². The molecule has 7 nitrogen and oxygen atoms in total. The lowest BCUT2D eigenvalue weighted by Gasteiger charge is -2.13. The molecule has 0 saturated heterocycles. The van der Waals surface area contributed by atoms with Gasteiger partial charge in [-0.2, -0.15) is 0 Å². The third-order valence-corrected chi connectivity index (χ3v) is 5.54. The van der Waals surface area contributed by atoms with Crippen molar-refractivity contribution >= 4 is 31.6 Å². The topological polar surface area (TPSA) is 86.1 Å². The minimum absolute atomic E-state index is 0.118. The summed E-state index contributed by atoms with van der Waals surface area (Å²) in [5.41, 5.74) is 1.06. The Morgan fingerprint density at radius 3 is 2.60 bits per heavy atom. The van der Waals surface area contributed by atoms with Crippen LogP contribution in [-0.4, -0.2) is 30.3 Å². The lowest BCUT2D eigenvalue weighted by atomic mass is 10.2. The van der Waals surface area contributed by atoms with Gasteiger partial charge in [-0.25, -0.2) is 8.42 Å². The average Bonchev–Trinajstić information content (AvgIpc) is 3.01. The number of para-hydroxylation sites is 1. The van der Waals surface area contributed by atoms with Gasteiger partial charge < -0.3 is 9.30 Å². The van der Waals surface area contributed by atoms with E-state index < -0.39 is 10.0 Å². The van der Waals surface area contributed by atoms with Gasteiger partial charge in [-0.15, -0.1) is 10.2 Å². The minimum atomic E-state index is -3.78. The summed E-state index contributed by atoms with van der Waals surface area (Å²) in [5, 5.41) is 7.88. The van der Waals surface area contributed by atoms with Crippen molar-refractivity contribution in [1.82, 2.24) is 14.8 Å². The zero-order valence-corrected chi connectivity index (χ0v) is 15.9. The number of hydrogen-bond donors (Lipinski definition) is 1. The number of nitrogens with zero attached hydrogens (tertiary/aromatic N) is 3. The molecular weight excluding hydrogens is 408 g/mol. The summed E-state index contributed by atoms with van der Waals surface area (Å²) in [6.45, 7) is 0. The Balaban J connectivity index is 2.00. The summed E-state index contributed by atoms with van der Waals surface area (Å²) < 4.78 is 35.5. The molecule has 0 aliphatic rings. The third kappa shape index (κ3) is 3.52. The summed E-state index contributed by atoms with van der Waals surface area (Å²) >= 11 is 3.30. The van der Waals surface area contributed by atoms with E-state index in [4.69, 9.17) is 4.74 Å². The van der Waals surface area contributed by atoms with E-state index >= 15 is 0 Å². The van der Waals surface area contributed by atoms with Crippen LogP contribution in [0.1, 0.15) is 0 Å². The van der Waals surface area contributed by atoms with Crippen LogP contribution in [0.5, 0.6) is 5.75 Å². The fourth-order valence-electron chi connectivity index (χ4n) is 2.31. The van der Waals surface area contributed by atoms with Gasteiger partial charge in [0.05, 0.1) is 22.2 Å². The van der Waals surface area contributed by atoms with Gasteiger partial charge in [-0.05, 0) is 46.3 Å². The maximum absolute atomic E-state index is 12.7. The van der Waals surface area contributed by atoms with E-state index in [0.29, 0.717) is 27.3 Å². The molecule has 1 heterocycles. The van der Waals surface area contributed by atoms with Gasteiger partial charge in [0.1, 0.15) is 12.1 Å². The Hall–Kier alpha value is -2.39. The number of nitrogens with one attached hydrogen (secondary N) is 1. The van der Waals surface area contributed by atoms with Crippen LogP contribution in [0, 0.1) is 0 Å². The van der Waals surface area contributed by atoms with E-state index in [1.807, 2.05) is 6.07 Å². The molecule has 9 heteroatoms. The van der Waals surface area contributed by atoms with Crippen LogP contribution in [0.3, 0.4) is 0 Å². The Morgan fingerprint density at radius 2 is 1.96 bits per heavy atom. The van der Waals surface area contributed by atoms with Crippen molar-refractivity contribution in [2.24, 2.45) is 7.05 Å². The van der Waals surface area contributed by atoms with Crippen molar-refractivity contribution in [1.29, 1.82) is 0 Å². The highest BCUT2D eigenvalue weighted by Gasteiger charge is 2.19. The molecule has 1 N–H and O–H groups in total. The van der Waals surface area contributed by atoms with Crippen LogP contribution >= 0.6 is 15.9 Å². The summed E-state index contributed by atoms with van der Waals surface area (Å²) in [6, 6.07) is 11.6. The number of sulfonamides is 1. The molecule has 0 radical (unpaired) electrons. The summed E-state index contributed by atoms with van der Waals surface area (Å²) in [5.74, 6) is 1.12. The SMILES string of the molecule is COc1ccc(S(=O)(=O)Nc2ccccc2-c2nncn2C)cc1Br. The Labute approximate surface area is 153 Å². The summed E-state index contributed by atoms with van der Waals surface area (Å²) in [7, 11) is -0.470. The predicted molar refractivity (Wildman–Crippen MR) is 97.9 cm³/mol. The first-order chi connectivity index (χ1) is 11.9. The number of methoxy groups -OCH3 is 1. The summed E-state index contributed by atoms with van der Waals surface area (Å²) in [6.07, 6.45) is 1.56. The Bertz CT molecular complexity index is 1020. The van der Waals surface area contributed by atoms with E-state index in [-0.39, 0.29) is 4.90 Å². The van der Waals surface area contributed by atoms with E-state index in [9.17, 15) is 8.42 Å². The first-order valence-electron chi connectivity index (χ1n) is 7.22. The molecule has 0 aliphatic carbocycles. The van der Waals surface area contributed by atoms with Gasteiger partial charge in [0.2, 0.25) is 0 Å². The molecule has 25 heavy (non-hydrogen) atoms. The first kappa shape index (κ1) is 17.4. The Morgan fingerprint density at radius 1 is 1.20 bits per heavy atom. The molecule has 0 fully saturated rings. The van der Waals surface area contributed by atoms with Crippen LogP contribution in [-0.2, 0) is 17.1 Å².